The van der Waals surface area contributed by atoms with Crippen LogP contribution in [0.2, 0.25) is 0 Å². The van der Waals surface area contributed by atoms with Crippen LogP contribution in [0.15, 0.2) is 24.3 Å². The fourth-order valence-corrected chi connectivity index (χ4v) is 6.35. The average Bonchev–Trinajstić information content (AvgIpc) is 3.29. The number of imidazole rings is 1. The minimum atomic E-state index is -0.132. The lowest BCUT2D eigenvalue weighted by molar-refractivity contribution is 0.484. The molecule has 3 heterocycles. The highest BCUT2D eigenvalue weighted by Crippen LogP contribution is 2.61. The van der Waals surface area contributed by atoms with Crippen molar-refractivity contribution in [1.82, 2.24) is 19.4 Å². The van der Waals surface area contributed by atoms with Gasteiger partial charge in [0.25, 0.3) is 0 Å². The van der Waals surface area contributed by atoms with Crippen LogP contribution in [0.1, 0.15) is 97.3 Å². The zero-order valence-electron chi connectivity index (χ0n) is 20.7. The molecule has 3 aromatic heterocycles. The summed E-state index contributed by atoms with van der Waals surface area (Å²) in [6.45, 7) is 18.2. The summed E-state index contributed by atoms with van der Waals surface area (Å²) in [6.07, 6.45) is 3.83. The number of benzene rings is 1. The third kappa shape index (κ3) is 2.52. The summed E-state index contributed by atoms with van der Waals surface area (Å²) in [5.41, 5.74) is 8.60. The van der Waals surface area contributed by atoms with Gasteiger partial charge >= 0.3 is 0 Å². The Hall–Kier alpha value is -2.49. The number of hydrogen-bond donors (Lipinski definition) is 0. The van der Waals surface area contributed by atoms with Gasteiger partial charge in [0, 0.05) is 16.5 Å². The smallest absolute Gasteiger partial charge is 0.165 e. The maximum absolute atomic E-state index is 5.21. The van der Waals surface area contributed by atoms with Crippen LogP contribution in [0, 0.1) is 0 Å². The number of nitrogens with zero attached hydrogens (tertiary/aromatic N) is 4. The summed E-state index contributed by atoms with van der Waals surface area (Å²) in [5, 5.41) is 1.03. The molecule has 0 amide bonds. The molecule has 4 nitrogen and oxygen atoms in total. The van der Waals surface area contributed by atoms with Crippen molar-refractivity contribution in [2.75, 3.05) is 0 Å². The molecule has 0 saturated heterocycles. The monoisotopic (exact) mass is 426 g/mol. The molecule has 0 radical (unpaired) electrons. The normalized spacial score (nSPS) is 25.4. The lowest BCUT2D eigenvalue weighted by Crippen LogP contribution is -2.20. The first-order chi connectivity index (χ1) is 14.8. The molecule has 1 aromatic carbocycles. The fraction of sp³-hybridized carbons (Fsp3) is 0.536. The Morgan fingerprint density at radius 2 is 1.47 bits per heavy atom. The van der Waals surface area contributed by atoms with E-state index < -0.39 is 0 Å². The predicted molar refractivity (Wildman–Crippen MR) is 132 cm³/mol. The molecule has 1 saturated carbocycles. The van der Waals surface area contributed by atoms with E-state index in [0.717, 1.165) is 33.7 Å². The molecule has 166 valence electrons. The summed E-state index contributed by atoms with van der Waals surface area (Å²) >= 11 is 0. The van der Waals surface area contributed by atoms with Gasteiger partial charge in [-0.15, -0.1) is 0 Å². The molecule has 2 atom stereocenters. The Morgan fingerprint density at radius 3 is 2.09 bits per heavy atom. The summed E-state index contributed by atoms with van der Waals surface area (Å²) in [7, 11) is 0. The molecule has 2 aliphatic carbocycles. The van der Waals surface area contributed by atoms with Crippen molar-refractivity contribution in [3.63, 3.8) is 0 Å². The molecule has 0 spiro atoms. The SMILES string of the molecule is CC(C)(C)c1ccc2c(n1)nc(C(C)(C)C)n1c3cc4c(cc3nc21)C1(C)CCC4(C)C1. The van der Waals surface area contributed by atoms with Gasteiger partial charge in [0.05, 0.1) is 16.4 Å². The van der Waals surface area contributed by atoms with E-state index >= 15 is 0 Å². The van der Waals surface area contributed by atoms with Crippen LogP contribution in [0.25, 0.3) is 27.7 Å². The van der Waals surface area contributed by atoms with E-state index in [1.165, 1.54) is 35.9 Å². The Labute approximate surface area is 190 Å². The van der Waals surface area contributed by atoms with E-state index in [1.807, 2.05) is 0 Å². The Balaban J connectivity index is 1.75. The van der Waals surface area contributed by atoms with Crippen LogP contribution in [0.3, 0.4) is 0 Å². The molecule has 4 heteroatoms. The average molecular weight is 427 g/mol. The van der Waals surface area contributed by atoms with Crippen molar-refractivity contribution in [3.05, 3.63) is 46.9 Å². The molecule has 0 N–H and O–H groups in total. The van der Waals surface area contributed by atoms with Gasteiger partial charge in [0.2, 0.25) is 0 Å². The van der Waals surface area contributed by atoms with Gasteiger partial charge < -0.3 is 0 Å². The summed E-state index contributed by atoms with van der Waals surface area (Å²) in [6, 6.07) is 9.14. The Morgan fingerprint density at radius 1 is 0.812 bits per heavy atom. The molecule has 1 fully saturated rings. The van der Waals surface area contributed by atoms with E-state index in [-0.39, 0.29) is 16.2 Å². The van der Waals surface area contributed by atoms with Gasteiger partial charge in [-0.3, -0.25) is 4.40 Å². The molecule has 6 rings (SSSR count). The number of aromatic nitrogens is 4. The molecule has 4 aromatic rings. The number of rotatable bonds is 0. The maximum atomic E-state index is 5.21. The maximum Gasteiger partial charge on any atom is 0.165 e. The van der Waals surface area contributed by atoms with Crippen LogP contribution in [-0.2, 0) is 21.7 Å². The van der Waals surface area contributed by atoms with Crippen LogP contribution in [0.5, 0.6) is 0 Å². The minimum Gasteiger partial charge on any atom is -0.279 e. The second-order valence-corrected chi connectivity index (χ2v) is 13.0. The molecule has 0 aliphatic heterocycles. The van der Waals surface area contributed by atoms with Gasteiger partial charge in [-0.1, -0.05) is 55.4 Å². The van der Waals surface area contributed by atoms with Crippen LogP contribution in [0.4, 0.5) is 0 Å². The molecule has 32 heavy (non-hydrogen) atoms. The van der Waals surface area contributed by atoms with Crippen LogP contribution < -0.4 is 0 Å². The molecule has 2 bridgehead atoms. The Kier molecular flexibility index (Phi) is 3.59. The van der Waals surface area contributed by atoms with Crippen molar-refractivity contribution >= 4 is 27.7 Å². The van der Waals surface area contributed by atoms with Gasteiger partial charge in [0.15, 0.2) is 11.3 Å². The highest BCUT2D eigenvalue weighted by molar-refractivity contribution is 5.95. The topological polar surface area (TPSA) is 43.1 Å². The van der Waals surface area contributed by atoms with Gasteiger partial charge in [-0.2, -0.15) is 0 Å². The molecular weight excluding hydrogens is 392 g/mol. The molecule has 2 aliphatic rings. The van der Waals surface area contributed by atoms with Crippen LogP contribution in [-0.4, -0.2) is 19.4 Å². The van der Waals surface area contributed by atoms with E-state index in [2.05, 4.69) is 84.1 Å². The quantitative estimate of drug-likeness (QED) is 0.313. The van der Waals surface area contributed by atoms with Gasteiger partial charge in [0.1, 0.15) is 5.82 Å². The first-order valence-electron chi connectivity index (χ1n) is 12.0. The largest absolute Gasteiger partial charge is 0.279 e. The fourth-order valence-electron chi connectivity index (χ4n) is 6.35. The second kappa shape index (κ2) is 5.70. The Bertz CT molecular complexity index is 1450. The lowest BCUT2D eigenvalue weighted by Gasteiger charge is -2.27. The summed E-state index contributed by atoms with van der Waals surface area (Å²) in [5.74, 6) is 1.03. The number of pyridine rings is 1. The second-order valence-electron chi connectivity index (χ2n) is 13.0. The van der Waals surface area contributed by atoms with Crippen molar-refractivity contribution < 1.29 is 0 Å². The zero-order chi connectivity index (χ0) is 22.8. The lowest BCUT2D eigenvalue weighted by atomic mass is 9.78. The van der Waals surface area contributed by atoms with Crippen LogP contribution >= 0.6 is 0 Å². The summed E-state index contributed by atoms with van der Waals surface area (Å²) < 4.78 is 2.31. The van der Waals surface area contributed by atoms with E-state index in [9.17, 15) is 0 Å². The first-order valence-corrected chi connectivity index (χ1v) is 12.0. The third-order valence-corrected chi connectivity index (χ3v) is 8.08. The zero-order valence-corrected chi connectivity index (χ0v) is 20.7. The minimum absolute atomic E-state index is 0.0189. The molecular formula is C28H34N4. The summed E-state index contributed by atoms with van der Waals surface area (Å²) in [4.78, 5) is 15.4. The van der Waals surface area contributed by atoms with Gasteiger partial charge in [-0.05, 0) is 65.5 Å². The number of hydrogen-bond acceptors (Lipinski definition) is 3. The van der Waals surface area contributed by atoms with E-state index in [1.54, 1.807) is 0 Å². The van der Waals surface area contributed by atoms with Gasteiger partial charge in [-0.25, -0.2) is 15.0 Å². The van der Waals surface area contributed by atoms with Crippen molar-refractivity contribution in [2.24, 2.45) is 0 Å². The van der Waals surface area contributed by atoms with E-state index in [0.29, 0.717) is 5.41 Å². The number of fused-ring (bicyclic) bond motifs is 10. The molecule has 2 unspecified atom stereocenters. The highest BCUT2D eigenvalue weighted by Gasteiger charge is 2.53. The van der Waals surface area contributed by atoms with Crippen molar-refractivity contribution in [1.29, 1.82) is 0 Å². The van der Waals surface area contributed by atoms with E-state index in [4.69, 9.17) is 15.0 Å². The van der Waals surface area contributed by atoms with Crippen molar-refractivity contribution in [3.8, 4) is 0 Å². The standard InChI is InChI=1S/C28H34N4/c1-25(2,3)21-10-9-16-22(30-21)31-24(26(4,5)6)32-20-14-18-17(13-19(20)29-23(16)32)27(7)11-12-28(18,8)15-27/h9-10,13-14H,11-12,15H2,1-8H3. The highest BCUT2D eigenvalue weighted by atomic mass is 15.1. The van der Waals surface area contributed by atoms with Crippen molar-refractivity contribution in [2.45, 2.75) is 96.3 Å². The third-order valence-electron chi connectivity index (χ3n) is 8.08. The predicted octanol–water partition coefficient (Wildman–Crippen LogP) is 6.74. The first kappa shape index (κ1) is 20.1.